The van der Waals surface area contributed by atoms with Crippen molar-refractivity contribution in [1.29, 1.82) is 0 Å². The normalized spacial score (nSPS) is 12.6. The van der Waals surface area contributed by atoms with Crippen molar-refractivity contribution in [2.45, 2.75) is 12.8 Å². The van der Waals surface area contributed by atoms with Crippen LogP contribution in [0.25, 0.3) is 0 Å². The summed E-state index contributed by atoms with van der Waals surface area (Å²) in [5.41, 5.74) is 1.56. The number of carbonyl (C=O) groups excluding carboxylic acids is 1. The average molecular weight is 342 g/mol. The first-order valence-electron chi connectivity index (χ1n) is 7.93. The van der Waals surface area contributed by atoms with E-state index >= 15 is 0 Å². The van der Waals surface area contributed by atoms with Crippen LogP contribution in [0.5, 0.6) is 11.5 Å². The molecule has 0 bridgehead atoms. The number of fused-ring (bicyclic) bond motifs is 1. The Balaban J connectivity index is 1.64. The summed E-state index contributed by atoms with van der Waals surface area (Å²) in [6.45, 7) is 0.740. The zero-order valence-electron chi connectivity index (χ0n) is 13.8. The molecule has 3 rings (SSSR count). The highest BCUT2D eigenvalue weighted by molar-refractivity contribution is 5.95. The van der Waals surface area contributed by atoms with E-state index in [1.165, 1.54) is 12.1 Å². The Morgan fingerprint density at radius 1 is 1.24 bits per heavy atom. The largest absolute Gasteiger partial charge is 0.493 e. The van der Waals surface area contributed by atoms with Gasteiger partial charge in [-0.05, 0) is 24.1 Å². The van der Waals surface area contributed by atoms with Crippen molar-refractivity contribution in [3.05, 3.63) is 58.1 Å². The van der Waals surface area contributed by atoms with Crippen molar-refractivity contribution in [2.75, 3.05) is 25.2 Å². The number of para-hydroxylation sites is 2. The molecule has 2 aromatic carbocycles. The van der Waals surface area contributed by atoms with Gasteiger partial charge >= 0.3 is 0 Å². The number of carbonyl (C=O) groups is 1. The minimum atomic E-state index is -0.452. The van der Waals surface area contributed by atoms with Gasteiger partial charge in [0.1, 0.15) is 0 Å². The molecule has 0 unspecified atom stereocenters. The zero-order valence-corrected chi connectivity index (χ0v) is 13.8. The Hall–Kier alpha value is -3.09. The number of methoxy groups -OCH3 is 1. The Labute approximate surface area is 144 Å². The second-order valence-corrected chi connectivity index (χ2v) is 5.61. The molecule has 25 heavy (non-hydrogen) atoms. The second kappa shape index (κ2) is 7.21. The number of hydrogen-bond acceptors (Lipinski definition) is 5. The number of non-ortho nitro benzene ring substituents is 1. The Kier molecular flexibility index (Phi) is 4.83. The quantitative estimate of drug-likeness (QED) is 0.595. The molecule has 0 atom stereocenters. The summed E-state index contributed by atoms with van der Waals surface area (Å²) >= 11 is 0. The molecule has 0 saturated heterocycles. The molecule has 0 N–H and O–H groups in total. The lowest BCUT2D eigenvalue weighted by atomic mass is 10.1. The highest BCUT2D eigenvalue weighted by Crippen LogP contribution is 2.32. The van der Waals surface area contributed by atoms with Gasteiger partial charge in [-0.25, -0.2) is 0 Å². The molecule has 0 saturated carbocycles. The van der Waals surface area contributed by atoms with E-state index in [1.54, 1.807) is 30.2 Å². The number of amides is 1. The molecular weight excluding hydrogens is 324 g/mol. The lowest BCUT2D eigenvalue weighted by Crippen LogP contribution is -2.30. The van der Waals surface area contributed by atoms with Crippen LogP contribution in [0.4, 0.5) is 11.4 Å². The van der Waals surface area contributed by atoms with E-state index in [4.69, 9.17) is 9.47 Å². The highest BCUT2D eigenvalue weighted by atomic mass is 16.6. The van der Waals surface area contributed by atoms with Crippen LogP contribution in [0.1, 0.15) is 12.0 Å². The van der Waals surface area contributed by atoms with Gasteiger partial charge in [0.25, 0.3) is 5.69 Å². The van der Waals surface area contributed by atoms with Crippen LogP contribution in [0.2, 0.25) is 0 Å². The lowest BCUT2D eigenvalue weighted by Gasteiger charge is -2.17. The smallest absolute Gasteiger partial charge is 0.271 e. The SMILES string of the molecule is COc1ccccc1OCCC(=O)N1CCc2ccc([N+](=O)[O-])cc21. The molecule has 1 heterocycles. The van der Waals surface area contributed by atoms with Crippen LogP contribution in [0.15, 0.2) is 42.5 Å². The van der Waals surface area contributed by atoms with Gasteiger partial charge in [0.2, 0.25) is 5.91 Å². The molecule has 1 amide bonds. The Morgan fingerprint density at radius 2 is 2.00 bits per heavy atom. The van der Waals surface area contributed by atoms with Crippen molar-refractivity contribution >= 4 is 17.3 Å². The molecule has 7 heteroatoms. The van der Waals surface area contributed by atoms with E-state index in [1.807, 2.05) is 12.1 Å². The molecule has 1 aliphatic heterocycles. The molecule has 1 aliphatic rings. The fourth-order valence-corrected chi connectivity index (χ4v) is 2.86. The van der Waals surface area contributed by atoms with Crippen molar-refractivity contribution in [2.24, 2.45) is 0 Å². The molecule has 0 aromatic heterocycles. The summed E-state index contributed by atoms with van der Waals surface area (Å²) in [4.78, 5) is 24.6. The first kappa shape index (κ1) is 16.8. The van der Waals surface area contributed by atoms with E-state index < -0.39 is 4.92 Å². The average Bonchev–Trinajstić information content (AvgIpc) is 3.05. The third kappa shape index (κ3) is 3.55. The van der Waals surface area contributed by atoms with E-state index in [9.17, 15) is 14.9 Å². The van der Waals surface area contributed by atoms with E-state index in [0.29, 0.717) is 30.2 Å². The number of nitro groups is 1. The molecule has 0 aliphatic carbocycles. The number of anilines is 1. The Morgan fingerprint density at radius 3 is 2.72 bits per heavy atom. The number of hydrogen-bond donors (Lipinski definition) is 0. The summed E-state index contributed by atoms with van der Waals surface area (Å²) in [5, 5.41) is 10.9. The van der Waals surface area contributed by atoms with Crippen molar-refractivity contribution < 1.29 is 19.2 Å². The number of nitro benzene ring substituents is 1. The van der Waals surface area contributed by atoms with E-state index in [2.05, 4.69) is 0 Å². The predicted octanol–water partition coefficient (Wildman–Crippen LogP) is 2.96. The summed E-state index contributed by atoms with van der Waals surface area (Å²) in [6, 6.07) is 11.9. The van der Waals surface area contributed by atoms with Gasteiger partial charge in [-0.2, -0.15) is 0 Å². The maximum absolute atomic E-state index is 12.5. The van der Waals surface area contributed by atoms with Gasteiger partial charge < -0.3 is 14.4 Å². The molecule has 130 valence electrons. The van der Waals surface area contributed by atoms with Crippen molar-refractivity contribution in [3.63, 3.8) is 0 Å². The number of ether oxygens (including phenoxy) is 2. The summed E-state index contributed by atoms with van der Waals surface area (Å²) < 4.78 is 10.8. The fraction of sp³-hybridized carbons (Fsp3) is 0.278. The lowest BCUT2D eigenvalue weighted by molar-refractivity contribution is -0.384. The monoisotopic (exact) mass is 342 g/mol. The Bertz CT molecular complexity index is 806. The third-order valence-electron chi connectivity index (χ3n) is 4.12. The topological polar surface area (TPSA) is 81.9 Å². The molecule has 0 spiro atoms. The molecule has 0 fully saturated rings. The summed E-state index contributed by atoms with van der Waals surface area (Å²) in [6.07, 6.45) is 0.882. The van der Waals surface area contributed by atoms with Crippen molar-refractivity contribution in [1.82, 2.24) is 0 Å². The maximum Gasteiger partial charge on any atom is 0.271 e. The second-order valence-electron chi connectivity index (χ2n) is 5.61. The third-order valence-corrected chi connectivity index (χ3v) is 4.12. The van der Waals surface area contributed by atoms with Crippen LogP contribution in [0.3, 0.4) is 0 Å². The van der Waals surface area contributed by atoms with E-state index in [0.717, 1.165) is 5.56 Å². The van der Waals surface area contributed by atoms with Crippen LogP contribution in [-0.4, -0.2) is 31.1 Å². The molecule has 2 aromatic rings. The van der Waals surface area contributed by atoms with Gasteiger partial charge in [0.15, 0.2) is 11.5 Å². The maximum atomic E-state index is 12.5. The molecular formula is C18H18N2O5. The standard InChI is InChI=1S/C18H18N2O5/c1-24-16-4-2-3-5-17(16)25-11-9-18(21)19-10-8-13-6-7-14(20(22)23)12-15(13)19/h2-7,12H,8-11H2,1H3. The van der Waals surface area contributed by atoms with Gasteiger partial charge in [-0.3, -0.25) is 14.9 Å². The fourth-order valence-electron chi connectivity index (χ4n) is 2.86. The van der Waals surface area contributed by atoms with Crippen LogP contribution in [-0.2, 0) is 11.2 Å². The minimum absolute atomic E-state index is 0.0104. The van der Waals surface area contributed by atoms with Gasteiger partial charge in [0.05, 0.1) is 30.7 Å². The first-order chi connectivity index (χ1) is 12.1. The number of benzene rings is 2. The molecule has 7 nitrogen and oxygen atoms in total. The van der Waals surface area contributed by atoms with E-state index in [-0.39, 0.29) is 24.6 Å². The van der Waals surface area contributed by atoms with Crippen LogP contribution >= 0.6 is 0 Å². The number of nitrogens with zero attached hydrogens (tertiary/aromatic N) is 2. The van der Waals surface area contributed by atoms with Gasteiger partial charge in [-0.15, -0.1) is 0 Å². The number of rotatable bonds is 6. The highest BCUT2D eigenvalue weighted by Gasteiger charge is 2.26. The predicted molar refractivity (Wildman–Crippen MR) is 92.3 cm³/mol. The first-order valence-corrected chi connectivity index (χ1v) is 7.93. The van der Waals surface area contributed by atoms with Crippen LogP contribution in [0, 0.1) is 10.1 Å². The minimum Gasteiger partial charge on any atom is -0.493 e. The summed E-state index contributed by atoms with van der Waals surface area (Å²) in [5.74, 6) is 1.07. The summed E-state index contributed by atoms with van der Waals surface area (Å²) in [7, 11) is 1.56. The zero-order chi connectivity index (χ0) is 17.8. The van der Waals surface area contributed by atoms with Crippen LogP contribution < -0.4 is 14.4 Å². The van der Waals surface area contributed by atoms with Gasteiger partial charge in [0, 0.05) is 18.7 Å². The van der Waals surface area contributed by atoms with Gasteiger partial charge in [-0.1, -0.05) is 18.2 Å². The van der Waals surface area contributed by atoms with Crippen molar-refractivity contribution in [3.8, 4) is 11.5 Å². The molecule has 0 radical (unpaired) electrons.